The largest absolute Gasteiger partial charge is 0.466 e. The molecule has 2 rings (SSSR count). The molecule has 1 aliphatic rings. The van der Waals surface area contributed by atoms with Crippen molar-refractivity contribution >= 4 is 17.8 Å². The Morgan fingerprint density at radius 1 is 1.13 bits per heavy atom. The first kappa shape index (κ1) is 24.4. The monoisotopic (exact) mass is 440 g/mol. The summed E-state index contributed by atoms with van der Waals surface area (Å²) < 4.78 is 47.7. The molecule has 6 nitrogen and oxygen atoms in total. The van der Waals surface area contributed by atoms with E-state index in [1.54, 1.807) is 19.1 Å². The summed E-state index contributed by atoms with van der Waals surface area (Å²) in [5.41, 5.74) is -4.06. The normalized spacial score (nSPS) is 19.6. The van der Waals surface area contributed by atoms with E-state index in [9.17, 15) is 27.6 Å². The number of rotatable bonds is 5. The van der Waals surface area contributed by atoms with Crippen LogP contribution in [0.25, 0.3) is 0 Å². The van der Waals surface area contributed by atoms with Gasteiger partial charge in [-0.15, -0.1) is 0 Å². The molecule has 1 N–H and O–H groups in total. The molecule has 2 amide bonds. The summed E-state index contributed by atoms with van der Waals surface area (Å²) in [6.07, 6.45) is -4.92. The molecule has 0 saturated heterocycles. The number of hydrogen-bond donors (Lipinski definition) is 1. The van der Waals surface area contributed by atoms with E-state index in [0.717, 1.165) is 17.6 Å². The van der Waals surface area contributed by atoms with Crippen molar-refractivity contribution in [3.8, 4) is 0 Å². The second kappa shape index (κ2) is 8.36. The van der Waals surface area contributed by atoms with Crippen LogP contribution < -0.4 is 5.32 Å². The van der Waals surface area contributed by atoms with E-state index in [-0.39, 0.29) is 23.2 Å². The van der Waals surface area contributed by atoms with Crippen molar-refractivity contribution in [3.63, 3.8) is 0 Å². The molecule has 0 fully saturated rings. The topological polar surface area (TPSA) is 75.7 Å². The fourth-order valence-corrected chi connectivity index (χ4v) is 3.58. The van der Waals surface area contributed by atoms with Gasteiger partial charge in [-0.05, 0) is 36.5 Å². The van der Waals surface area contributed by atoms with Crippen LogP contribution in [0.2, 0.25) is 0 Å². The van der Waals surface area contributed by atoms with E-state index in [4.69, 9.17) is 0 Å². The summed E-state index contributed by atoms with van der Waals surface area (Å²) in [5, 5.41) is 1.83. The smallest absolute Gasteiger partial charge is 0.425 e. The Morgan fingerprint density at radius 2 is 1.68 bits per heavy atom. The van der Waals surface area contributed by atoms with E-state index in [1.165, 1.54) is 19.1 Å². The van der Waals surface area contributed by atoms with Crippen LogP contribution in [-0.4, -0.2) is 48.1 Å². The number of hydrogen-bond acceptors (Lipinski definition) is 4. The van der Waals surface area contributed by atoms with Gasteiger partial charge in [-0.3, -0.25) is 9.59 Å². The van der Waals surface area contributed by atoms with Crippen molar-refractivity contribution in [3.05, 3.63) is 46.7 Å². The van der Waals surface area contributed by atoms with Crippen LogP contribution in [-0.2, 0) is 19.7 Å². The number of carbonyl (C=O) groups excluding carboxylic acids is 3. The highest BCUT2D eigenvalue weighted by molar-refractivity contribution is 6.11. The van der Waals surface area contributed by atoms with Crippen LogP contribution in [0.15, 0.2) is 35.5 Å². The van der Waals surface area contributed by atoms with Gasteiger partial charge in [0, 0.05) is 17.8 Å². The second-order valence-corrected chi connectivity index (χ2v) is 8.44. The highest BCUT2D eigenvalue weighted by Crippen LogP contribution is 2.45. The molecule has 9 heteroatoms. The molecule has 0 unspecified atom stereocenters. The number of methoxy groups -OCH3 is 1. The molecular formula is C22H27F3N2O4. The van der Waals surface area contributed by atoms with Crippen LogP contribution in [0, 0.1) is 0 Å². The number of alkyl halides is 3. The zero-order valence-electron chi connectivity index (χ0n) is 18.4. The van der Waals surface area contributed by atoms with Crippen molar-refractivity contribution in [2.45, 2.75) is 58.2 Å². The number of amides is 2. The summed E-state index contributed by atoms with van der Waals surface area (Å²) >= 11 is 0. The lowest BCUT2D eigenvalue weighted by Gasteiger charge is -2.33. The maximum absolute atomic E-state index is 14.4. The fourth-order valence-electron chi connectivity index (χ4n) is 3.58. The number of esters is 1. The Hall–Kier alpha value is -2.84. The highest BCUT2D eigenvalue weighted by Gasteiger charge is 2.70. The third kappa shape index (κ3) is 4.18. The van der Waals surface area contributed by atoms with E-state index in [1.807, 2.05) is 26.1 Å². The lowest BCUT2D eigenvalue weighted by atomic mass is 9.86. The Balaban J connectivity index is 2.59. The SMILES string of the molecule is CCCN1C(=O)[C@@](NC(=O)c2ccc(C(C)(C)C)cc2)(C(F)(F)F)C(C(=O)OC)=C1C. The Labute approximate surface area is 179 Å². The Bertz CT molecular complexity index is 914. The van der Waals surface area contributed by atoms with Crippen molar-refractivity contribution in [2.75, 3.05) is 13.7 Å². The van der Waals surface area contributed by atoms with Gasteiger partial charge in [-0.25, -0.2) is 4.79 Å². The van der Waals surface area contributed by atoms with Gasteiger partial charge in [0.15, 0.2) is 0 Å². The number of nitrogens with one attached hydrogen (secondary N) is 1. The first-order valence-corrected chi connectivity index (χ1v) is 9.83. The molecule has 1 aromatic rings. The Morgan fingerprint density at radius 3 is 2.10 bits per heavy atom. The molecule has 0 spiro atoms. The summed E-state index contributed by atoms with van der Waals surface area (Å²) in [7, 11) is 0.920. The Kier molecular flexibility index (Phi) is 6.59. The minimum Gasteiger partial charge on any atom is -0.466 e. The number of carbonyl (C=O) groups is 3. The van der Waals surface area contributed by atoms with Crippen LogP contribution in [0.3, 0.4) is 0 Å². The predicted octanol–water partition coefficient (Wildman–Crippen LogP) is 3.71. The average Bonchev–Trinajstić information content (AvgIpc) is 2.89. The van der Waals surface area contributed by atoms with Gasteiger partial charge < -0.3 is 15.0 Å². The van der Waals surface area contributed by atoms with Crippen LogP contribution in [0.4, 0.5) is 13.2 Å². The number of benzene rings is 1. The zero-order chi connectivity index (χ0) is 23.8. The third-order valence-electron chi connectivity index (χ3n) is 5.28. The zero-order valence-corrected chi connectivity index (χ0v) is 18.4. The van der Waals surface area contributed by atoms with Crippen molar-refractivity contribution < 1.29 is 32.3 Å². The average molecular weight is 440 g/mol. The maximum Gasteiger partial charge on any atom is 0.425 e. The first-order chi connectivity index (χ1) is 14.2. The molecule has 31 heavy (non-hydrogen) atoms. The number of ether oxygens (including phenoxy) is 1. The lowest BCUT2D eigenvalue weighted by molar-refractivity contribution is -0.192. The quantitative estimate of drug-likeness (QED) is 0.709. The molecule has 0 aliphatic carbocycles. The summed E-state index contributed by atoms with van der Waals surface area (Å²) in [5.74, 6) is -3.89. The summed E-state index contributed by atoms with van der Waals surface area (Å²) in [6, 6.07) is 6.05. The van der Waals surface area contributed by atoms with Gasteiger partial charge in [-0.1, -0.05) is 39.8 Å². The predicted molar refractivity (Wildman–Crippen MR) is 108 cm³/mol. The molecule has 170 valence electrons. The molecule has 0 aromatic heterocycles. The third-order valence-corrected chi connectivity index (χ3v) is 5.28. The lowest BCUT2D eigenvalue weighted by Crippen LogP contribution is -2.66. The van der Waals surface area contributed by atoms with Crippen molar-refractivity contribution in [1.29, 1.82) is 0 Å². The standard InChI is InChI=1S/C22H27F3N2O4/c1-7-12-27-13(2)16(18(29)31-6)21(19(27)30,22(23,24)25)26-17(28)14-8-10-15(11-9-14)20(3,4)5/h8-11H,7,12H2,1-6H3,(H,26,28)/t21-/m1/s1. The van der Waals surface area contributed by atoms with Gasteiger partial charge >= 0.3 is 12.1 Å². The fraction of sp³-hybridized carbons (Fsp3) is 0.500. The minimum absolute atomic E-state index is 0.0425. The van der Waals surface area contributed by atoms with Gasteiger partial charge in [-0.2, -0.15) is 13.2 Å². The van der Waals surface area contributed by atoms with Gasteiger partial charge in [0.1, 0.15) is 5.57 Å². The van der Waals surface area contributed by atoms with Crippen molar-refractivity contribution in [2.24, 2.45) is 0 Å². The van der Waals surface area contributed by atoms with E-state index < -0.39 is 35.1 Å². The van der Waals surface area contributed by atoms with E-state index in [2.05, 4.69) is 4.74 Å². The van der Waals surface area contributed by atoms with Crippen LogP contribution in [0.1, 0.15) is 57.0 Å². The van der Waals surface area contributed by atoms with E-state index >= 15 is 0 Å². The van der Waals surface area contributed by atoms with Crippen LogP contribution >= 0.6 is 0 Å². The number of nitrogens with zero attached hydrogens (tertiary/aromatic N) is 1. The first-order valence-electron chi connectivity index (χ1n) is 9.83. The molecule has 1 aliphatic heterocycles. The number of halogens is 3. The molecule has 1 atom stereocenters. The van der Waals surface area contributed by atoms with Gasteiger partial charge in [0.2, 0.25) is 0 Å². The molecule has 0 saturated carbocycles. The molecule has 1 heterocycles. The highest BCUT2D eigenvalue weighted by atomic mass is 19.4. The summed E-state index contributed by atoms with van der Waals surface area (Å²) in [4.78, 5) is 39.0. The summed E-state index contributed by atoms with van der Waals surface area (Å²) in [6.45, 7) is 8.74. The van der Waals surface area contributed by atoms with E-state index in [0.29, 0.717) is 6.42 Å². The van der Waals surface area contributed by atoms with Crippen molar-refractivity contribution in [1.82, 2.24) is 10.2 Å². The molecule has 0 bridgehead atoms. The number of allylic oxidation sites excluding steroid dienone is 1. The second-order valence-electron chi connectivity index (χ2n) is 8.44. The minimum atomic E-state index is -5.28. The molecule has 1 aromatic carbocycles. The van der Waals surface area contributed by atoms with Gasteiger partial charge in [0.05, 0.1) is 7.11 Å². The molecule has 0 radical (unpaired) electrons. The maximum atomic E-state index is 14.4. The molecular weight excluding hydrogens is 413 g/mol. The van der Waals surface area contributed by atoms with Crippen LogP contribution in [0.5, 0.6) is 0 Å². The van der Waals surface area contributed by atoms with Gasteiger partial charge in [0.25, 0.3) is 17.4 Å².